The second kappa shape index (κ2) is 7.65. The second-order valence-electron chi connectivity index (χ2n) is 3.48. The Bertz CT molecular complexity index is 406. The number of thiazole rings is 1. The van der Waals surface area contributed by atoms with Gasteiger partial charge >= 0.3 is 5.97 Å². The van der Waals surface area contributed by atoms with Gasteiger partial charge in [0.25, 0.3) is 0 Å². The molecule has 18 heavy (non-hydrogen) atoms. The molecule has 2 N–H and O–H groups in total. The van der Waals surface area contributed by atoms with Crippen molar-refractivity contribution in [2.75, 3.05) is 25.5 Å². The molecular formula is C11H17N3O3S. The summed E-state index contributed by atoms with van der Waals surface area (Å²) in [5, 5.41) is 7.96. The molecule has 0 aliphatic carbocycles. The number of aryl methyl sites for hydroxylation is 1. The van der Waals surface area contributed by atoms with E-state index in [1.807, 2.05) is 5.38 Å². The van der Waals surface area contributed by atoms with E-state index in [9.17, 15) is 9.59 Å². The number of nitrogens with zero attached hydrogens (tertiary/aromatic N) is 1. The van der Waals surface area contributed by atoms with Gasteiger partial charge in [-0.25, -0.2) is 4.98 Å². The number of amides is 1. The van der Waals surface area contributed by atoms with Crippen molar-refractivity contribution in [1.29, 1.82) is 0 Å². The number of esters is 1. The lowest BCUT2D eigenvalue weighted by Crippen LogP contribution is -2.26. The Balaban J connectivity index is 2.34. The first-order chi connectivity index (χ1) is 8.65. The van der Waals surface area contributed by atoms with E-state index in [-0.39, 0.29) is 18.4 Å². The lowest BCUT2D eigenvalue weighted by atomic mass is 10.2. The summed E-state index contributed by atoms with van der Waals surface area (Å²) in [5.74, 6) is -0.316. The number of carbonyl (C=O) groups is 2. The average Bonchev–Trinajstić information content (AvgIpc) is 2.82. The highest BCUT2D eigenvalue weighted by atomic mass is 32.1. The van der Waals surface area contributed by atoms with Crippen LogP contribution in [0.25, 0.3) is 0 Å². The monoisotopic (exact) mass is 271 g/mol. The Labute approximate surface area is 110 Å². The van der Waals surface area contributed by atoms with E-state index in [1.54, 1.807) is 14.0 Å². The Morgan fingerprint density at radius 2 is 2.28 bits per heavy atom. The Morgan fingerprint density at radius 3 is 2.94 bits per heavy atom. The van der Waals surface area contributed by atoms with Gasteiger partial charge in [-0.15, -0.1) is 11.3 Å². The van der Waals surface area contributed by atoms with Crippen molar-refractivity contribution in [3.8, 4) is 0 Å². The zero-order valence-electron chi connectivity index (χ0n) is 10.5. The molecule has 1 amide bonds. The van der Waals surface area contributed by atoms with Gasteiger partial charge < -0.3 is 15.4 Å². The molecule has 0 aliphatic heterocycles. The highest BCUT2D eigenvalue weighted by Gasteiger charge is 2.07. The van der Waals surface area contributed by atoms with Crippen LogP contribution in [0.5, 0.6) is 0 Å². The van der Waals surface area contributed by atoms with Crippen molar-refractivity contribution in [1.82, 2.24) is 10.3 Å². The topological polar surface area (TPSA) is 80.3 Å². The van der Waals surface area contributed by atoms with Crippen LogP contribution in [0.3, 0.4) is 0 Å². The van der Waals surface area contributed by atoms with Gasteiger partial charge in [0.1, 0.15) is 0 Å². The maximum Gasteiger partial charge on any atom is 0.306 e. The predicted octanol–water partition coefficient (Wildman–Crippen LogP) is 0.797. The van der Waals surface area contributed by atoms with Crippen molar-refractivity contribution in [2.24, 2.45) is 0 Å². The third-order valence-electron chi connectivity index (χ3n) is 2.12. The summed E-state index contributed by atoms with van der Waals surface area (Å²) in [4.78, 5) is 26.5. The van der Waals surface area contributed by atoms with Gasteiger partial charge in [-0.2, -0.15) is 0 Å². The summed E-state index contributed by atoms with van der Waals surface area (Å²) in [6, 6.07) is 0. The molecule has 1 aromatic heterocycles. The fourth-order valence-corrected chi connectivity index (χ4v) is 1.95. The lowest BCUT2D eigenvalue weighted by Gasteiger charge is -2.00. The number of aromatic nitrogens is 1. The Hall–Kier alpha value is -1.63. The van der Waals surface area contributed by atoms with Crippen molar-refractivity contribution in [3.05, 3.63) is 11.1 Å². The number of hydrogen-bond acceptors (Lipinski definition) is 6. The second-order valence-corrected chi connectivity index (χ2v) is 4.33. The van der Waals surface area contributed by atoms with Crippen LogP contribution in [0, 0.1) is 0 Å². The summed E-state index contributed by atoms with van der Waals surface area (Å²) in [5.41, 5.74) is 0.826. The summed E-state index contributed by atoms with van der Waals surface area (Å²) in [6.07, 6.45) is 0.878. The molecule has 6 nitrogen and oxygen atoms in total. The van der Waals surface area contributed by atoms with Crippen LogP contribution in [0.2, 0.25) is 0 Å². The van der Waals surface area contributed by atoms with Crippen molar-refractivity contribution in [3.63, 3.8) is 0 Å². The number of carbonyl (C=O) groups excluding carboxylic acids is 2. The van der Waals surface area contributed by atoms with E-state index < -0.39 is 0 Å². The standard InChI is InChI=1S/C11H17N3O3S/c1-3-17-10(16)5-4-8-7-18-11(14-8)13-6-9(15)12-2/h7H,3-6H2,1-2H3,(H,12,15)(H,13,14). The quantitative estimate of drug-likeness (QED) is 0.717. The number of ether oxygens (including phenoxy) is 1. The summed E-state index contributed by atoms with van der Waals surface area (Å²) >= 11 is 1.41. The molecule has 1 rings (SSSR count). The molecular weight excluding hydrogens is 254 g/mol. The smallest absolute Gasteiger partial charge is 0.306 e. The van der Waals surface area contributed by atoms with E-state index in [1.165, 1.54) is 11.3 Å². The zero-order chi connectivity index (χ0) is 13.4. The van der Waals surface area contributed by atoms with Gasteiger partial charge in [-0.05, 0) is 6.92 Å². The van der Waals surface area contributed by atoms with Gasteiger partial charge in [0.05, 0.1) is 25.3 Å². The SMILES string of the molecule is CCOC(=O)CCc1csc(NCC(=O)NC)n1. The van der Waals surface area contributed by atoms with E-state index >= 15 is 0 Å². The van der Waals surface area contributed by atoms with Gasteiger partial charge in [-0.1, -0.05) is 0 Å². The highest BCUT2D eigenvalue weighted by Crippen LogP contribution is 2.16. The molecule has 0 saturated carbocycles. The van der Waals surface area contributed by atoms with Crippen LogP contribution in [0.1, 0.15) is 19.0 Å². The van der Waals surface area contributed by atoms with Crippen LogP contribution in [0.15, 0.2) is 5.38 Å². The minimum atomic E-state index is -0.217. The molecule has 0 unspecified atom stereocenters. The van der Waals surface area contributed by atoms with Crippen molar-refractivity contribution >= 4 is 28.3 Å². The van der Waals surface area contributed by atoms with Gasteiger partial charge in [0.2, 0.25) is 5.91 Å². The average molecular weight is 271 g/mol. The molecule has 0 fully saturated rings. The van der Waals surface area contributed by atoms with Crippen LogP contribution in [0.4, 0.5) is 5.13 Å². The number of likely N-dealkylation sites (N-methyl/N-ethyl adjacent to an activating group) is 1. The highest BCUT2D eigenvalue weighted by molar-refractivity contribution is 7.13. The number of hydrogen-bond donors (Lipinski definition) is 2. The molecule has 7 heteroatoms. The molecule has 0 spiro atoms. The zero-order valence-corrected chi connectivity index (χ0v) is 11.3. The van der Waals surface area contributed by atoms with Crippen LogP contribution >= 0.6 is 11.3 Å². The summed E-state index contributed by atoms with van der Waals surface area (Å²) < 4.78 is 4.83. The van der Waals surface area contributed by atoms with E-state index in [0.29, 0.717) is 24.6 Å². The molecule has 0 saturated heterocycles. The van der Waals surface area contributed by atoms with E-state index in [2.05, 4.69) is 15.6 Å². The molecule has 0 aliphatic rings. The third-order valence-corrected chi connectivity index (χ3v) is 2.97. The van der Waals surface area contributed by atoms with Crippen molar-refractivity contribution < 1.29 is 14.3 Å². The molecule has 0 aromatic carbocycles. The van der Waals surface area contributed by atoms with E-state index in [4.69, 9.17) is 4.74 Å². The van der Waals surface area contributed by atoms with Gasteiger partial charge in [0.15, 0.2) is 5.13 Å². The lowest BCUT2D eigenvalue weighted by molar-refractivity contribution is -0.143. The fraction of sp³-hybridized carbons (Fsp3) is 0.545. The van der Waals surface area contributed by atoms with Crippen LogP contribution in [-0.4, -0.2) is 37.1 Å². The number of rotatable bonds is 7. The normalized spacial score (nSPS) is 9.89. The Morgan fingerprint density at radius 1 is 1.50 bits per heavy atom. The largest absolute Gasteiger partial charge is 0.466 e. The molecule has 0 bridgehead atoms. The molecule has 0 atom stereocenters. The maximum absolute atomic E-state index is 11.2. The minimum Gasteiger partial charge on any atom is -0.466 e. The Kier molecular flexibility index (Phi) is 6.13. The minimum absolute atomic E-state index is 0.0988. The molecule has 100 valence electrons. The first-order valence-electron chi connectivity index (χ1n) is 5.70. The first kappa shape index (κ1) is 14.4. The van der Waals surface area contributed by atoms with Gasteiger partial charge in [0, 0.05) is 18.8 Å². The molecule has 0 radical (unpaired) electrons. The number of anilines is 1. The summed E-state index contributed by atoms with van der Waals surface area (Å²) in [7, 11) is 1.58. The molecule has 1 aromatic rings. The van der Waals surface area contributed by atoms with Crippen LogP contribution in [-0.2, 0) is 20.7 Å². The maximum atomic E-state index is 11.2. The van der Waals surface area contributed by atoms with E-state index in [0.717, 1.165) is 5.69 Å². The van der Waals surface area contributed by atoms with Gasteiger partial charge in [-0.3, -0.25) is 9.59 Å². The first-order valence-corrected chi connectivity index (χ1v) is 6.58. The summed E-state index contributed by atoms with van der Waals surface area (Å²) in [6.45, 7) is 2.37. The number of nitrogens with one attached hydrogen (secondary N) is 2. The van der Waals surface area contributed by atoms with Crippen LogP contribution < -0.4 is 10.6 Å². The molecule has 1 heterocycles. The van der Waals surface area contributed by atoms with Crippen molar-refractivity contribution in [2.45, 2.75) is 19.8 Å². The predicted molar refractivity (Wildman–Crippen MR) is 69.6 cm³/mol. The third kappa shape index (κ3) is 5.13. The fourth-order valence-electron chi connectivity index (χ4n) is 1.21.